The van der Waals surface area contributed by atoms with Gasteiger partial charge in [0, 0.05) is 17.9 Å². The van der Waals surface area contributed by atoms with Crippen molar-refractivity contribution < 1.29 is 9.90 Å². The molecule has 2 fully saturated rings. The molecule has 4 heteroatoms. The van der Waals surface area contributed by atoms with E-state index in [1.807, 2.05) is 0 Å². The van der Waals surface area contributed by atoms with E-state index >= 15 is 0 Å². The van der Waals surface area contributed by atoms with Crippen LogP contribution in [0.5, 0.6) is 0 Å². The lowest BCUT2D eigenvalue weighted by Crippen LogP contribution is -2.45. The van der Waals surface area contributed by atoms with Crippen molar-refractivity contribution in [1.29, 1.82) is 0 Å². The van der Waals surface area contributed by atoms with Crippen LogP contribution in [0.1, 0.15) is 44.9 Å². The Morgan fingerprint density at radius 3 is 2.50 bits per heavy atom. The SMILES string of the molecule is O=C(NCC1(CO)CCCCC1)C1CCNCC1. The number of amides is 1. The molecule has 104 valence electrons. The van der Waals surface area contributed by atoms with Crippen molar-refractivity contribution in [2.24, 2.45) is 11.3 Å². The van der Waals surface area contributed by atoms with E-state index in [0.717, 1.165) is 38.8 Å². The number of aliphatic hydroxyl groups is 1. The number of carbonyl (C=O) groups is 1. The Bertz CT molecular complexity index is 269. The number of piperidine rings is 1. The van der Waals surface area contributed by atoms with Crippen LogP contribution in [0.4, 0.5) is 0 Å². The molecule has 2 rings (SSSR count). The zero-order valence-electron chi connectivity index (χ0n) is 11.2. The molecule has 1 saturated heterocycles. The first kappa shape index (κ1) is 13.8. The van der Waals surface area contributed by atoms with E-state index < -0.39 is 0 Å². The van der Waals surface area contributed by atoms with E-state index in [0.29, 0.717) is 6.54 Å². The fraction of sp³-hybridized carbons (Fsp3) is 0.929. The number of hydrogen-bond donors (Lipinski definition) is 3. The van der Waals surface area contributed by atoms with Gasteiger partial charge in [-0.2, -0.15) is 0 Å². The van der Waals surface area contributed by atoms with E-state index in [1.54, 1.807) is 0 Å². The van der Waals surface area contributed by atoms with E-state index in [9.17, 15) is 9.90 Å². The molecule has 0 unspecified atom stereocenters. The first-order chi connectivity index (χ1) is 8.76. The van der Waals surface area contributed by atoms with Gasteiger partial charge in [0.25, 0.3) is 0 Å². The van der Waals surface area contributed by atoms with Crippen LogP contribution in [0.15, 0.2) is 0 Å². The van der Waals surface area contributed by atoms with Crippen molar-refractivity contribution in [3.8, 4) is 0 Å². The number of hydrogen-bond acceptors (Lipinski definition) is 3. The molecule has 4 nitrogen and oxygen atoms in total. The van der Waals surface area contributed by atoms with Gasteiger partial charge in [-0.05, 0) is 38.8 Å². The number of aliphatic hydroxyl groups excluding tert-OH is 1. The molecule has 1 amide bonds. The lowest BCUT2D eigenvalue weighted by molar-refractivity contribution is -0.126. The van der Waals surface area contributed by atoms with Gasteiger partial charge in [0.2, 0.25) is 5.91 Å². The van der Waals surface area contributed by atoms with Crippen molar-refractivity contribution in [2.45, 2.75) is 44.9 Å². The number of carbonyl (C=O) groups excluding carboxylic acids is 1. The summed E-state index contributed by atoms with van der Waals surface area (Å²) in [4.78, 5) is 12.1. The van der Waals surface area contributed by atoms with Gasteiger partial charge in [0.1, 0.15) is 0 Å². The summed E-state index contributed by atoms with van der Waals surface area (Å²) in [7, 11) is 0. The molecule has 1 heterocycles. The normalized spacial score (nSPS) is 24.7. The first-order valence-electron chi connectivity index (χ1n) is 7.35. The third kappa shape index (κ3) is 3.45. The molecule has 0 spiro atoms. The Hall–Kier alpha value is -0.610. The highest BCUT2D eigenvalue weighted by atomic mass is 16.3. The Morgan fingerprint density at radius 2 is 1.89 bits per heavy atom. The second kappa shape index (κ2) is 6.53. The van der Waals surface area contributed by atoms with E-state index in [2.05, 4.69) is 10.6 Å². The minimum atomic E-state index is -0.0408. The average molecular weight is 254 g/mol. The van der Waals surface area contributed by atoms with Gasteiger partial charge >= 0.3 is 0 Å². The minimum Gasteiger partial charge on any atom is -0.396 e. The quantitative estimate of drug-likeness (QED) is 0.702. The summed E-state index contributed by atoms with van der Waals surface area (Å²) in [6.07, 6.45) is 7.62. The van der Waals surface area contributed by atoms with Gasteiger partial charge in [-0.15, -0.1) is 0 Å². The molecule has 18 heavy (non-hydrogen) atoms. The molecule has 0 aromatic rings. The smallest absolute Gasteiger partial charge is 0.223 e. The summed E-state index contributed by atoms with van der Waals surface area (Å²) in [5.41, 5.74) is -0.0408. The molecule has 1 saturated carbocycles. The van der Waals surface area contributed by atoms with Crippen LogP contribution in [-0.4, -0.2) is 37.3 Å². The fourth-order valence-corrected chi connectivity index (χ4v) is 3.20. The minimum absolute atomic E-state index is 0.0408. The maximum atomic E-state index is 12.1. The lowest BCUT2D eigenvalue weighted by atomic mass is 9.74. The second-order valence-corrected chi connectivity index (χ2v) is 5.96. The van der Waals surface area contributed by atoms with E-state index in [1.165, 1.54) is 19.3 Å². The van der Waals surface area contributed by atoms with Crippen LogP contribution in [-0.2, 0) is 4.79 Å². The molecule has 0 atom stereocenters. The highest BCUT2D eigenvalue weighted by Gasteiger charge is 2.32. The first-order valence-corrected chi connectivity index (χ1v) is 7.35. The van der Waals surface area contributed by atoms with Crippen molar-refractivity contribution in [3.63, 3.8) is 0 Å². The van der Waals surface area contributed by atoms with Crippen LogP contribution < -0.4 is 10.6 Å². The molecule has 3 N–H and O–H groups in total. The predicted octanol–water partition coefficient (Wildman–Crippen LogP) is 1.04. The monoisotopic (exact) mass is 254 g/mol. The summed E-state index contributed by atoms with van der Waals surface area (Å²) in [5.74, 6) is 0.362. The summed E-state index contributed by atoms with van der Waals surface area (Å²) in [6.45, 7) is 2.76. The second-order valence-electron chi connectivity index (χ2n) is 5.96. The van der Waals surface area contributed by atoms with E-state index in [4.69, 9.17) is 0 Å². The van der Waals surface area contributed by atoms with Crippen LogP contribution in [0, 0.1) is 11.3 Å². The molecule has 0 radical (unpaired) electrons. The lowest BCUT2D eigenvalue weighted by Gasteiger charge is -2.36. The highest BCUT2D eigenvalue weighted by Crippen LogP contribution is 2.35. The zero-order chi connectivity index (χ0) is 12.8. The molecule has 0 aromatic heterocycles. The van der Waals surface area contributed by atoms with Gasteiger partial charge in [-0.3, -0.25) is 4.79 Å². The van der Waals surface area contributed by atoms with Crippen molar-refractivity contribution in [3.05, 3.63) is 0 Å². The van der Waals surface area contributed by atoms with Crippen LogP contribution in [0.2, 0.25) is 0 Å². The van der Waals surface area contributed by atoms with Crippen LogP contribution in [0.3, 0.4) is 0 Å². The third-order valence-corrected chi connectivity index (χ3v) is 4.60. The fourth-order valence-electron chi connectivity index (χ4n) is 3.20. The molecular weight excluding hydrogens is 228 g/mol. The molecular formula is C14H26N2O2. The Morgan fingerprint density at radius 1 is 1.22 bits per heavy atom. The van der Waals surface area contributed by atoms with Gasteiger partial charge in [0.15, 0.2) is 0 Å². The largest absolute Gasteiger partial charge is 0.396 e. The summed E-state index contributed by atoms with van der Waals surface area (Å²) >= 11 is 0. The summed E-state index contributed by atoms with van der Waals surface area (Å²) in [5, 5.41) is 16.0. The molecule has 0 bridgehead atoms. The highest BCUT2D eigenvalue weighted by molar-refractivity contribution is 5.78. The zero-order valence-corrected chi connectivity index (χ0v) is 11.2. The van der Waals surface area contributed by atoms with Gasteiger partial charge in [-0.25, -0.2) is 0 Å². The Kier molecular flexibility index (Phi) is 5.01. The molecule has 2 aliphatic rings. The maximum Gasteiger partial charge on any atom is 0.223 e. The maximum absolute atomic E-state index is 12.1. The van der Waals surface area contributed by atoms with Crippen molar-refractivity contribution >= 4 is 5.91 Å². The average Bonchev–Trinajstić information content (AvgIpc) is 2.47. The molecule has 1 aliphatic carbocycles. The van der Waals surface area contributed by atoms with E-state index in [-0.39, 0.29) is 23.8 Å². The molecule has 1 aliphatic heterocycles. The standard InChI is InChI=1S/C14H26N2O2/c17-11-14(6-2-1-3-7-14)10-16-13(18)12-4-8-15-9-5-12/h12,15,17H,1-11H2,(H,16,18). The van der Waals surface area contributed by atoms with Crippen molar-refractivity contribution in [1.82, 2.24) is 10.6 Å². The van der Waals surface area contributed by atoms with Gasteiger partial charge in [-0.1, -0.05) is 19.3 Å². The number of nitrogens with one attached hydrogen (secondary N) is 2. The van der Waals surface area contributed by atoms with Crippen molar-refractivity contribution in [2.75, 3.05) is 26.2 Å². The van der Waals surface area contributed by atoms with Crippen LogP contribution in [0.25, 0.3) is 0 Å². The van der Waals surface area contributed by atoms with Gasteiger partial charge in [0.05, 0.1) is 6.61 Å². The summed E-state index contributed by atoms with van der Waals surface area (Å²) in [6, 6.07) is 0. The number of rotatable bonds is 4. The predicted molar refractivity (Wildman–Crippen MR) is 71.2 cm³/mol. The van der Waals surface area contributed by atoms with Crippen LogP contribution >= 0.6 is 0 Å². The Balaban J connectivity index is 1.79. The Labute approximate surface area is 110 Å². The third-order valence-electron chi connectivity index (χ3n) is 4.60. The topological polar surface area (TPSA) is 61.4 Å². The van der Waals surface area contributed by atoms with Gasteiger partial charge < -0.3 is 15.7 Å². The molecule has 0 aromatic carbocycles. The summed E-state index contributed by atoms with van der Waals surface area (Å²) < 4.78 is 0.